The molecule has 0 saturated carbocycles. The van der Waals surface area contributed by atoms with Crippen molar-refractivity contribution in [1.29, 1.82) is 0 Å². The summed E-state index contributed by atoms with van der Waals surface area (Å²) in [4.78, 5) is 2.37. The monoisotopic (exact) mass is 613 g/mol. The second kappa shape index (κ2) is 11.8. The quantitative estimate of drug-likeness (QED) is 0.185. The van der Waals surface area contributed by atoms with Gasteiger partial charge >= 0.3 is 0 Å². The second-order valence-electron chi connectivity index (χ2n) is 12.2. The number of hydrogen-bond acceptors (Lipinski definition) is 2. The lowest BCUT2D eigenvalue weighted by molar-refractivity contribution is 0.669. The van der Waals surface area contributed by atoms with Crippen molar-refractivity contribution in [2.75, 3.05) is 4.90 Å². The minimum atomic E-state index is 0.904. The molecule has 1 aromatic heterocycles. The second-order valence-corrected chi connectivity index (χ2v) is 12.2. The lowest BCUT2D eigenvalue weighted by Gasteiger charge is -2.28. The van der Waals surface area contributed by atoms with E-state index in [0.717, 1.165) is 50.1 Å². The van der Waals surface area contributed by atoms with Crippen molar-refractivity contribution in [3.8, 4) is 33.4 Å². The van der Waals surface area contributed by atoms with Crippen LogP contribution in [-0.2, 0) is 0 Å². The molecule has 0 aliphatic carbocycles. The maximum Gasteiger partial charge on any atom is 0.136 e. The van der Waals surface area contributed by atoms with Crippen LogP contribution in [0, 0.1) is 0 Å². The summed E-state index contributed by atoms with van der Waals surface area (Å²) in [5.41, 5.74) is 12.1. The van der Waals surface area contributed by atoms with Crippen LogP contribution >= 0.6 is 0 Å². The van der Waals surface area contributed by atoms with Crippen LogP contribution in [0.5, 0.6) is 0 Å². The molecular weight excluding hydrogens is 583 g/mol. The molecule has 9 rings (SSSR count). The molecule has 0 fully saturated rings. The Morgan fingerprint density at radius 1 is 0.333 bits per heavy atom. The summed E-state index contributed by atoms with van der Waals surface area (Å²) >= 11 is 0. The Labute approximate surface area is 279 Å². The van der Waals surface area contributed by atoms with Gasteiger partial charge in [-0.1, -0.05) is 133 Å². The number of anilines is 3. The minimum Gasteiger partial charge on any atom is -0.456 e. The van der Waals surface area contributed by atoms with Crippen LogP contribution in [0.1, 0.15) is 0 Å². The number of rotatable bonds is 6. The highest BCUT2D eigenvalue weighted by Crippen LogP contribution is 2.42. The molecule has 8 aromatic carbocycles. The predicted molar refractivity (Wildman–Crippen MR) is 202 cm³/mol. The highest BCUT2D eigenvalue weighted by molar-refractivity contribution is 6.06. The first-order chi connectivity index (χ1) is 23.8. The molecule has 0 bridgehead atoms. The van der Waals surface area contributed by atoms with Crippen LogP contribution in [-0.4, -0.2) is 0 Å². The van der Waals surface area contributed by atoms with Crippen molar-refractivity contribution < 1.29 is 4.42 Å². The van der Waals surface area contributed by atoms with E-state index in [0.29, 0.717) is 0 Å². The predicted octanol–water partition coefficient (Wildman–Crippen LogP) is 13.2. The Balaban J connectivity index is 1.16. The number of furan rings is 1. The van der Waals surface area contributed by atoms with Crippen molar-refractivity contribution in [1.82, 2.24) is 0 Å². The van der Waals surface area contributed by atoms with E-state index in [1.54, 1.807) is 0 Å². The molecule has 0 saturated heterocycles. The van der Waals surface area contributed by atoms with Gasteiger partial charge in [0.1, 0.15) is 11.2 Å². The SMILES string of the molecule is c1ccc(-c2ccccc2N(c2ccc(-c3ccc4c(c3)oc3ccccc34)cc2)c2cccc(-c3ccc4ccccc4c3)c2)cc1. The topological polar surface area (TPSA) is 16.4 Å². The number of nitrogens with zero attached hydrogens (tertiary/aromatic N) is 1. The molecule has 0 N–H and O–H groups in total. The molecule has 0 aliphatic heterocycles. The lowest BCUT2D eigenvalue weighted by atomic mass is 9.99. The summed E-state index contributed by atoms with van der Waals surface area (Å²) in [5.74, 6) is 0. The Bertz CT molecular complexity index is 2560. The van der Waals surface area contributed by atoms with Gasteiger partial charge in [-0.2, -0.15) is 0 Å². The third-order valence-corrected chi connectivity index (χ3v) is 9.25. The van der Waals surface area contributed by atoms with Gasteiger partial charge < -0.3 is 9.32 Å². The molecule has 0 spiro atoms. The summed E-state index contributed by atoms with van der Waals surface area (Å²) < 4.78 is 6.21. The van der Waals surface area contributed by atoms with Crippen LogP contribution in [0.3, 0.4) is 0 Å². The molecule has 2 nitrogen and oxygen atoms in total. The van der Waals surface area contributed by atoms with Gasteiger partial charge in [-0.25, -0.2) is 0 Å². The molecule has 226 valence electrons. The van der Waals surface area contributed by atoms with E-state index in [-0.39, 0.29) is 0 Å². The van der Waals surface area contributed by atoms with E-state index in [4.69, 9.17) is 4.42 Å². The summed E-state index contributed by atoms with van der Waals surface area (Å²) in [6.07, 6.45) is 0. The molecule has 0 radical (unpaired) electrons. The summed E-state index contributed by atoms with van der Waals surface area (Å²) in [7, 11) is 0. The highest BCUT2D eigenvalue weighted by atomic mass is 16.3. The third-order valence-electron chi connectivity index (χ3n) is 9.25. The fraction of sp³-hybridized carbons (Fsp3) is 0. The lowest BCUT2D eigenvalue weighted by Crippen LogP contribution is -2.11. The van der Waals surface area contributed by atoms with Gasteiger partial charge in [0.25, 0.3) is 0 Å². The summed E-state index contributed by atoms with van der Waals surface area (Å²) in [6, 6.07) is 67.0. The fourth-order valence-corrected chi connectivity index (χ4v) is 6.86. The van der Waals surface area contributed by atoms with E-state index >= 15 is 0 Å². The molecule has 48 heavy (non-hydrogen) atoms. The van der Waals surface area contributed by atoms with Crippen molar-refractivity contribution in [2.24, 2.45) is 0 Å². The standard InChI is InChI=1S/C46H31NO/c1-2-12-34(13-3-1)41-17-6-8-19-44(41)47(40-16-10-15-36(30-40)37-22-21-32-11-4-5-14-35(32)29-37)39-26-23-33(24-27-39)38-25-28-43-42-18-7-9-20-45(42)48-46(43)31-38/h1-31H. The Hall–Kier alpha value is -6.38. The van der Waals surface area contributed by atoms with Gasteiger partial charge in [0.05, 0.1) is 5.69 Å². The smallest absolute Gasteiger partial charge is 0.136 e. The van der Waals surface area contributed by atoms with Gasteiger partial charge in [-0.15, -0.1) is 0 Å². The van der Waals surface area contributed by atoms with Crippen molar-refractivity contribution in [3.05, 3.63) is 188 Å². The number of para-hydroxylation sites is 2. The van der Waals surface area contributed by atoms with Crippen LogP contribution < -0.4 is 4.90 Å². The largest absolute Gasteiger partial charge is 0.456 e. The fourth-order valence-electron chi connectivity index (χ4n) is 6.86. The first kappa shape index (κ1) is 27.9. The zero-order chi connectivity index (χ0) is 31.9. The molecule has 0 amide bonds. The van der Waals surface area contributed by atoms with Crippen molar-refractivity contribution in [3.63, 3.8) is 0 Å². The molecule has 1 heterocycles. The molecule has 0 aliphatic rings. The molecule has 0 unspecified atom stereocenters. The van der Waals surface area contributed by atoms with Gasteiger partial charge in [-0.05, 0) is 93.2 Å². The number of benzene rings is 8. The van der Waals surface area contributed by atoms with Gasteiger partial charge in [0, 0.05) is 27.7 Å². The Kier molecular flexibility index (Phi) is 6.84. The first-order valence-corrected chi connectivity index (χ1v) is 16.3. The van der Waals surface area contributed by atoms with Gasteiger partial charge in [0.15, 0.2) is 0 Å². The average molecular weight is 614 g/mol. The first-order valence-electron chi connectivity index (χ1n) is 16.3. The zero-order valence-corrected chi connectivity index (χ0v) is 26.3. The normalized spacial score (nSPS) is 11.3. The van der Waals surface area contributed by atoms with Gasteiger partial charge in [0.2, 0.25) is 0 Å². The number of hydrogen-bond donors (Lipinski definition) is 0. The van der Waals surface area contributed by atoms with Crippen LogP contribution in [0.2, 0.25) is 0 Å². The van der Waals surface area contributed by atoms with E-state index in [2.05, 4.69) is 181 Å². The summed E-state index contributed by atoms with van der Waals surface area (Å²) in [6.45, 7) is 0. The molecule has 9 aromatic rings. The van der Waals surface area contributed by atoms with Gasteiger partial charge in [-0.3, -0.25) is 0 Å². The van der Waals surface area contributed by atoms with E-state index in [9.17, 15) is 0 Å². The average Bonchev–Trinajstić information content (AvgIpc) is 3.54. The molecule has 2 heteroatoms. The number of fused-ring (bicyclic) bond motifs is 4. The van der Waals surface area contributed by atoms with Crippen molar-refractivity contribution >= 4 is 49.8 Å². The van der Waals surface area contributed by atoms with Crippen molar-refractivity contribution in [2.45, 2.75) is 0 Å². The minimum absolute atomic E-state index is 0.904. The van der Waals surface area contributed by atoms with Crippen LogP contribution in [0.4, 0.5) is 17.1 Å². The zero-order valence-electron chi connectivity index (χ0n) is 26.3. The van der Waals surface area contributed by atoms with Crippen LogP contribution in [0.15, 0.2) is 192 Å². The molecular formula is C46H31NO. The van der Waals surface area contributed by atoms with E-state index in [1.807, 2.05) is 12.1 Å². The van der Waals surface area contributed by atoms with Crippen LogP contribution in [0.25, 0.3) is 66.1 Å². The maximum atomic E-state index is 6.21. The Morgan fingerprint density at radius 3 is 1.88 bits per heavy atom. The van der Waals surface area contributed by atoms with E-state index < -0.39 is 0 Å². The highest BCUT2D eigenvalue weighted by Gasteiger charge is 2.18. The van der Waals surface area contributed by atoms with E-state index in [1.165, 1.54) is 33.0 Å². The Morgan fingerprint density at radius 2 is 0.979 bits per heavy atom. The third kappa shape index (κ3) is 5.01. The summed E-state index contributed by atoms with van der Waals surface area (Å²) in [5, 5.41) is 4.77. The maximum absolute atomic E-state index is 6.21. The molecule has 0 atom stereocenters.